The van der Waals surface area contributed by atoms with Gasteiger partial charge in [-0.05, 0) is 47.4 Å². The second-order valence-corrected chi connectivity index (χ2v) is 10.5. The van der Waals surface area contributed by atoms with E-state index in [1.165, 1.54) is 23.9 Å². The van der Waals surface area contributed by atoms with Crippen molar-refractivity contribution in [3.63, 3.8) is 0 Å². The Morgan fingerprint density at radius 3 is 2.28 bits per heavy atom. The van der Waals surface area contributed by atoms with Crippen LogP contribution in [0.25, 0.3) is 0 Å². The zero-order chi connectivity index (χ0) is 25.8. The minimum absolute atomic E-state index is 0.100. The zero-order valence-corrected chi connectivity index (χ0v) is 22.9. The molecule has 0 bridgehead atoms. The van der Waals surface area contributed by atoms with Crippen LogP contribution in [0.1, 0.15) is 36.5 Å². The van der Waals surface area contributed by atoms with Crippen molar-refractivity contribution in [3.05, 3.63) is 106 Å². The van der Waals surface area contributed by atoms with E-state index in [1.807, 2.05) is 54.6 Å². The normalized spacial score (nSPS) is 11.6. The second kappa shape index (κ2) is 14.8. The summed E-state index contributed by atoms with van der Waals surface area (Å²) < 4.78 is 14.2. The summed E-state index contributed by atoms with van der Waals surface area (Å²) in [6, 6.07) is 23.3. The number of benzene rings is 3. The predicted octanol–water partition coefficient (Wildman–Crippen LogP) is 6.38. The van der Waals surface area contributed by atoms with Crippen molar-refractivity contribution in [2.24, 2.45) is 0 Å². The first-order chi connectivity index (χ1) is 17.5. The Labute approximate surface area is 225 Å². The maximum Gasteiger partial charge on any atom is 0.243 e. The van der Waals surface area contributed by atoms with E-state index in [4.69, 9.17) is 0 Å². The molecule has 1 N–H and O–H groups in total. The molecule has 4 nitrogen and oxygen atoms in total. The van der Waals surface area contributed by atoms with E-state index in [2.05, 4.69) is 28.2 Å². The van der Waals surface area contributed by atoms with E-state index in [0.717, 1.165) is 34.0 Å². The highest BCUT2D eigenvalue weighted by Crippen LogP contribution is 2.20. The average Bonchev–Trinajstić information content (AvgIpc) is 2.89. The molecule has 0 aromatic heterocycles. The average molecular weight is 572 g/mol. The summed E-state index contributed by atoms with van der Waals surface area (Å²) in [5, 5.41) is 3.04. The molecule has 3 aromatic carbocycles. The van der Waals surface area contributed by atoms with Gasteiger partial charge in [0.05, 0.1) is 5.75 Å². The van der Waals surface area contributed by atoms with E-state index >= 15 is 0 Å². The van der Waals surface area contributed by atoms with Gasteiger partial charge in [-0.3, -0.25) is 9.59 Å². The highest BCUT2D eigenvalue weighted by Gasteiger charge is 2.30. The Morgan fingerprint density at radius 1 is 0.944 bits per heavy atom. The largest absolute Gasteiger partial charge is 0.354 e. The van der Waals surface area contributed by atoms with E-state index < -0.39 is 6.04 Å². The van der Waals surface area contributed by atoms with Gasteiger partial charge in [0.2, 0.25) is 11.8 Å². The van der Waals surface area contributed by atoms with Crippen molar-refractivity contribution in [1.29, 1.82) is 0 Å². The maximum absolute atomic E-state index is 13.6. The van der Waals surface area contributed by atoms with Crippen LogP contribution < -0.4 is 5.32 Å². The zero-order valence-electron chi connectivity index (χ0n) is 20.5. The van der Waals surface area contributed by atoms with Gasteiger partial charge in [-0.15, -0.1) is 11.8 Å². The lowest BCUT2D eigenvalue weighted by Gasteiger charge is -2.31. The summed E-state index contributed by atoms with van der Waals surface area (Å²) >= 11 is 4.93. The highest BCUT2D eigenvalue weighted by molar-refractivity contribution is 9.10. The third-order valence-electron chi connectivity index (χ3n) is 5.77. The van der Waals surface area contributed by atoms with Gasteiger partial charge >= 0.3 is 0 Å². The molecule has 1 atom stereocenters. The van der Waals surface area contributed by atoms with Crippen molar-refractivity contribution in [2.75, 3.05) is 12.3 Å². The van der Waals surface area contributed by atoms with Crippen molar-refractivity contribution in [2.45, 2.75) is 44.5 Å². The van der Waals surface area contributed by atoms with Crippen LogP contribution in [0, 0.1) is 5.82 Å². The number of thioether (sulfide) groups is 1. The van der Waals surface area contributed by atoms with Gasteiger partial charge in [0.1, 0.15) is 11.9 Å². The van der Waals surface area contributed by atoms with Gasteiger partial charge in [0.25, 0.3) is 0 Å². The first-order valence-electron chi connectivity index (χ1n) is 12.1. The second-order valence-electron chi connectivity index (χ2n) is 8.62. The smallest absolute Gasteiger partial charge is 0.243 e. The SMILES string of the molecule is CCCCNC(=O)C(Cc1ccccc1)N(Cc1ccc(Br)cc1)C(=O)CSCc1ccc(F)cc1. The quantitative estimate of drug-likeness (QED) is 0.243. The Hall–Kier alpha value is -2.64. The van der Waals surface area contributed by atoms with Crippen molar-refractivity contribution in [3.8, 4) is 0 Å². The molecule has 36 heavy (non-hydrogen) atoms. The van der Waals surface area contributed by atoms with Crippen LogP contribution in [-0.2, 0) is 28.3 Å². The topological polar surface area (TPSA) is 49.4 Å². The Bertz CT molecular complexity index is 1090. The molecule has 0 heterocycles. The van der Waals surface area contributed by atoms with Gasteiger partial charge in [0.15, 0.2) is 0 Å². The standard InChI is InChI=1S/C29H32BrFN2O2S/c1-2-3-17-32-29(35)27(18-22-7-5-4-6-8-22)33(19-23-9-13-25(30)14-10-23)28(34)21-36-20-24-11-15-26(31)16-12-24/h4-16,27H,2-3,17-21H2,1H3,(H,32,35). The molecular weight excluding hydrogens is 539 g/mol. The molecule has 7 heteroatoms. The van der Waals surface area contributed by atoms with Gasteiger partial charge in [-0.1, -0.05) is 83.9 Å². The summed E-state index contributed by atoms with van der Waals surface area (Å²) in [5.74, 6) is 0.294. The Morgan fingerprint density at radius 2 is 1.61 bits per heavy atom. The van der Waals surface area contributed by atoms with Crippen LogP contribution >= 0.6 is 27.7 Å². The van der Waals surface area contributed by atoms with E-state index in [9.17, 15) is 14.0 Å². The number of carbonyl (C=O) groups excluding carboxylic acids is 2. The number of carbonyl (C=O) groups is 2. The molecular formula is C29H32BrFN2O2S. The van der Waals surface area contributed by atoms with Gasteiger partial charge in [-0.25, -0.2) is 4.39 Å². The molecule has 0 radical (unpaired) electrons. The van der Waals surface area contributed by atoms with Crippen LogP contribution in [0.4, 0.5) is 4.39 Å². The van der Waals surface area contributed by atoms with E-state index in [-0.39, 0.29) is 23.4 Å². The molecule has 0 aliphatic heterocycles. The number of nitrogens with one attached hydrogen (secondary N) is 1. The van der Waals surface area contributed by atoms with Crippen LogP contribution in [0.3, 0.4) is 0 Å². The number of hydrogen-bond donors (Lipinski definition) is 1. The lowest BCUT2D eigenvalue weighted by Crippen LogP contribution is -2.51. The summed E-state index contributed by atoms with van der Waals surface area (Å²) in [4.78, 5) is 28.7. The molecule has 0 aliphatic carbocycles. The first kappa shape index (κ1) is 27.9. The monoisotopic (exact) mass is 570 g/mol. The molecule has 3 aromatic rings. The minimum Gasteiger partial charge on any atom is -0.354 e. The molecule has 0 saturated carbocycles. The number of amides is 2. The summed E-state index contributed by atoms with van der Waals surface area (Å²) in [5.41, 5.74) is 2.90. The van der Waals surface area contributed by atoms with Gasteiger partial charge in [-0.2, -0.15) is 0 Å². The third-order valence-corrected chi connectivity index (χ3v) is 7.29. The van der Waals surface area contributed by atoms with E-state index in [1.54, 1.807) is 17.0 Å². The van der Waals surface area contributed by atoms with Crippen LogP contribution in [0.2, 0.25) is 0 Å². The fourth-order valence-corrected chi connectivity index (χ4v) is 4.90. The summed E-state index contributed by atoms with van der Waals surface area (Å²) in [6.45, 7) is 3.00. The molecule has 0 saturated heterocycles. The van der Waals surface area contributed by atoms with Crippen LogP contribution in [0.5, 0.6) is 0 Å². The van der Waals surface area contributed by atoms with Gasteiger partial charge in [0, 0.05) is 29.7 Å². The predicted molar refractivity (Wildman–Crippen MR) is 149 cm³/mol. The van der Waals surface area contributed by atoms with Crippen molar-refractivity contribution >= 4 is 39.5 Å². The lowest BCUT2D eigenvalue weighted by atomic mass is 10.0. The third kappa shape index (κ3) is 9.10. The molecule has 1 unspecified atom stereocenters. The first-order valence-corrected chi connectivity index (χ1v) is 14.1. The fraction of sp³-hybridized carbons (Fsp3) is 0.310. The molecule has 190 valence electrons. The molecule has 0 spiro atoms. The number of unbranched alkanes of at least 4 members (excludes halogenated alkanes) is 1. The molecule has 0 fully saturated rings. The van der Waals surface area contributed by atoms with E-state index in [0.29, 0.717) is 25.3 Å². The molecule has 3 rings (SSSR count). The summed E-state index contributed by atoms with van der Waals surface area (Å²) in [6.07, 6.45) is 2.30. The maximum atomic E-state index is 13.6. The summed E-state index contributed by atoms with van der Waals surface area (Å²) in [7, 11) is 0. The van der Waals surface area contributed by atoms with Crippen LogP contribution in [-0.4, -0.2) is 35.1 Å². The van der Waals surface area contributed by atoms with Gasteiger partial charge < -0.3 is 10.2 Å². The fourth-order valence-electron chi connectivity index (χ4n) is 3.77. The highest BCUT2D eigenvalue weighted by atomic mass is 79.9. The number of nitrogens with zero attached hydrogens (tertiary/aromatic N) is 1. The van der Waals surface area contributed by atoms with Crippen molar-refractivity contribution < 1.29 is 14.0 Å². The van der Waals surface area contributed by atoms with Crippen molar-refractivity contribution in [1.82, 2.24) is 10.2 Å². The Kier molecular flexibility index (Phi) is 11.5. The minimum atomic E-state index is -0.633. The van der Waals surface area contributed by atoms with Crippen LogP contribution in [0.15, 0.2) is 83.3 Å². The molecule has 2 amide bonds. The molecule has 0 aliphatic rings. The number of hydrogen-bond acceptors (Lipinski definition) is 3. The number of rotatable bonds is 13. The lowest BCUT2D eigenvalue weighted by molar-refractivity contribution is -0.139. The Balaban J connectivity index is 1.81. The number of halogens is 2.